The lowest BCUT2D eigenvalue weighted by Gasteiger charge is -2.12. The fraction of sp³-hybridized carbons (Fsp3) is 0.100. The monoisotopic (exact) mass is 446 g/mol. The highest BCUT2D eigenvalue weighted by Crippen LogP contribution is 2.32. The quantitative estimate of drug-likeness (QED) is 0.455. The molecule has 3 amide bonds. The van der Waals surface area contributed by atoms with Gasteiger partial charge < -0.3 is 15.5 Å². The number of amides is 3. The van der Waals surface area contributed by atoms with Gasteiger partial charge >= 0.3 is 5.97 Å². The Kier molecular flexibility index (Phi) is 6.43. The standard InChI is InChI=1S/C20H15ClN2O6S/c21-12-3-1-11(2-4-12)9-16-18(26)23(20(29)30-16)8-7-17(25)22-13-5-6-15(24)14(10-13)19(27)28/h1-6,9-10,24H,7-8H2,(H,22,25)(H,27,28)/b16-9-. The Bertz CT molecular complexity index is 1070. The zero-order valence-corrected chi connectivity index (χ0v) is 16.9. The number of nitrogens with zero attached hydrogens (tertiary/aromatic N) is 1. The van der Waals surface area contributed by atoms with Crippen LogP contribution in [0.15, 0.2) is 47.4 Å². The Morgan fingerprint density at radius 2 is 1.83 bits per heavy atom. The van der Waals surface area contributed by atoms with E-state index in [4.69, 9.17) is 16.7 Å². The van der Waals surface area contributed by atoms with Gasteiger partial charge in [-0.15, -0.1) is 0 Å². The molecule has 8 nitrogen and oxygen atoms in total. The maximum Gasteiger partial charge on any atom is 0.339 e. The van der Waals surface area contributed by atoms with Crippen molar-refractivity contribution in [2.24, 2.45) is 0 Å². The number of aromatic carboxylic acids is 1. The smallest absolute Gasteiger partial charge is 0.339 e. The van der Waals surface area contributed by atoms with Crippen LogP contribution in [0, 0.1) is 0 Å². The number of carbonyl (C=O) groups is 4. The van der Waals surface area contributed by atoms with Crippen LogP contribution in [-0.2, 0) is 9.59 Å². The van der Waals surface area contributed by atoms with Crippen LogP contribution in [0.3, 0.4) is 0 Å². The molecule has 0 aromatic heterocycles. The molecule has 3 N–H and O–H groups in total. The first-order valence-electron chi connectivity index (χ1n) is 8.61. The second-order valence-corrected chi connectivity index (χ2v) is 7.65. The van der Waals surface area contributed by atoms with E-state index in [9.17, 15) is 24.3 Å². The highest BCUT2D eigenvalue weighted by atomic mass is 35.5. The van der Waals surface area contributed by atoms with Crippen molar-refractivity contribution in [1.29, 1.82) is 0 Å². The summed E-state index contributed by atoms with van der Waals surface area (Å²) in [5, 5.41) is 21.1. The van der Waals surface area contributed by atoms with E-state index in [0.29, 0.717) is 10.6 Å². The molecular formula is C20H15ClN2O6S. The summed E-state index contributed by atoms with van der Waals surface area (Å²) < 4.78 is 0. The largest absolute Gasteiger partial charge is 0.507 e. The van der Waals surface area contributed by atoms with Gasteiger partial charge in [-0.1, -0.05) is 23.7 Å². The summed E-state index contributed by atoms with van der Waals surface area (Å²) >= 11 is 6.61. The Labute approximate surface area is 180 Å². The molecule has 0 bridgehead atoms. The van der Waals surface area contributed by atoms with E-state index in [1.807, 2.05) is 0 Å². The zero-order chi connectivity index (χ0) is 21.8. The molecule has 0 radical (unpaired) electrons. The van der Waals surface area contributed by atoms with Gasteiger partial charge in [0.15, 0.2) is 0 Å². The summed E-state index contributed by atoms with van der Waals surface area (Å²) in [6, 6.07) is 10.4. The number of nitrogens with one attached hydrogen (secondary N) is 1. The molecule has 30 heavy (non-hydrogen) atoms. The van der Waals surface area contributed by atoms with Crippen LogP contribution >= 0.6 is 23.4 Å². The minimum absolute atomic E-state index is 0.127. The summed E-state index contributed by atoms with van der Waals surface area (Å²) in [5.41, 5.74) is 0.530. The molecule has 3 rings (SSSR count). The predicted octanol–water partition coefficient (Wildman–Crippen LogP) is 3.81. The molecule has 1 aliphatic heterocycles. The number of benzene rings is 2. The van der Waals surface area contributed by atoms with Crippen molar-refractivity contribution >= 4 is 58.1 Å². The third-order valence-electron chi connectivity index (χ3n) is 4.11. The minimum Gasteiger partial charge on any atom is -0.507 e. The third kappa shape index (κ3) is 5.00. The van der Waals surface area contributed by atoms with Crippen LogP contribution in [0.5, 0.6) is 5.75 Å². The summed E-state index contributed by atoms with van der Waals surface area (Å²) in [6.45, 7) is -0.127. The van der Waals surface area contributed by atoms with Crippen LogP contribution in [0.1, 0.15) is 22.3 Å². The van der Waals surface area contributed by atoms with E-state index in [2.05, 4.69) is 5.32 Å². The van der Waals surface area contributed by atoms with Gasteiger partial charge in [-0.25, -0.2) is 4.79 Å². The van der Waals surface area contributed by atoms with Crippen LogP contribution in [0.25, 0.3) is 6.08 Å². The second kappa shape index (κ2) is 9.02. The molecule has 1 saturated heterocycles. The van der Waals surface area contributed by atoms with Gasteiger partial charge in [0.05, 0.1) is 4.91 Å². The lowest BCUT2D eigenvalue weighted by Crippen LogP contribution is -2.31. The lowest BCUT2D eigenvalue weighted by molar-refractivity contribution is -0.123. The number of carbonyl (C=O) groups excluding carboxylic acids is 3. The van der Waals surface area contributed by atoms with Gasteiger partial charge in [-0.2, -0.15) is 0 Å². The van der Waals surface area contributed by atoms with Crippen LogP contribution < -0.4 is 5.32 Å². The van der Waals surface area contributed by atoms with E-state index in [1.54, 1.807) is 30.3 Å². The number of imide groups is 1. The van der Waals surface area contributed by atoms with Crippen LogP contribution in [-0.4, -0.2) is 44.7 Å². The van der Waals surface area contributed by atoms with Crippen molar-refractivity contribution in [2.75, 3.05) is 11.9 Å². The fourth-order valence-electron chi connectivity index (χ4n) is 2.63. The van der Waals surface area contributed by atoms with Crippen LogP contribution in [0.4, 0.5) is 10.5 Å². The lowest BCUT2D eigenvalue weighted by atomic mass is 10.1. The third-order valence-corrected chi connectivity index (χ3v) is 5.27. The molecule has 0 atom stereocenters. The van der Waals surface area contributed by atoms with Gasteiger partial charge in [0.2, 0.25) is 5.91 Å². The van der Waals surface area contributed by atoms with E-state index in [-0.39, 0.29) is 29.1 Å². The van der Waals surface area contributed by atoms with Gasteiger partial charge in [0.25, 0.3) is 11.1 Å². The number of halogens is 1. The van der Waals surface area contributed by atoms with Gasteiger partial charge in [-0.3, -0.25) is 19.3 Å². The number of anilines is 1. The molecule has 1 fully saturated rings. The second-order valence-electron chi connectivity index (χ2n) is 6.22. The normalized spacial score (nSPS) is 15.0. The SMILES string of the molecule is O=C(CCN1C(=O)S/C(=C\c2ccc(Cl)cc2)C1=O)Nc1ccc(O)c(C(=O)O)c1. The highest BCUT2D eigenvalue weighted by Gasteiger charge is 2.35. The number of carboxylic acid groups (broad SMARTS) is 1. The highest BCUT2D eigenvalue weighted by molar-refractivity contribution is 8.18. The Morgan fingerprint density at radius 3 is 2.50 bits per heavy atom. The van der Waals surface area contributed by atoms with Crippen LogP contribution in [0.2, 0.25) is 5.02 Å². The van der Waals surface area contributed by atoms with E-state index in [0.717, 1.165) is 28.8 Å². The fourth-order valence-corrected chi connectivity index (χ4v) is 3.62. The number of rotatable bonds is 6. The van der Waals surface area contributed by atoms with Crippen molar-refractivity contribution < 1.29 is 29.4 Å². The van der Waals surface area contributed by atoms with Crippen molar-refractivity contribution in [3.8, 4) is 5.75 Å². The number of aromatic hydroxyl groups is 1. The molecule has 0 aliphatic carbocycles. The molecule has 154 valence electrons. The van der Waals surface area contributed by atoms with Gasteiger partial charge in [0.1, 0.15) is 11.3 Å². The average molecular weight is 447 g/mol. The number of phenols is 1. The number of hydrogen-bond acceptors (Lipinski definition) is 6. The zero-order valence-electron chi connectivity index (χ0n) is 15.3. The van der Waals surface area contributed by atoms with Crippen molar-refractivity contribution in [1.82, 2.24) is 4.90 Å². The first-order chi connectivity index (χ1) is 14.2. The molecule has 2 aromatic carbocycles. The predicted molar refractivity (Wildman–Crippen MR) is 112 cm³/mol. The molecule has 10 heteroatoms. The number of carboxylic acids is 1. The maximum absolute atomic E-state index is 12.5. The summed E-state index contributed by atoms with van der Waals surface area (Å²) in [7, 11) is 0. The molecule has 0 unspecified atom stereocenters. The summed E-state index contributed by atoms with van der Waals surface area (Å²) in [5.74, 6) is -2.78. The average Bonchev–Trinajstić information content (AvgIpc) is 2.96. The molecule has 0 spiro atoms. The molecule has 1 heterocycles. The van der Waals surface area contributed by atoms with Crippen molar-refractivity contribution in [3.05, 3.63) is 63.5 Å². The first-order valence-corrected chi connectivity index (χ1v) is 9.81. The summed E-state index contributed by atoms with van der Waals surface area (Å²) in [6.07, 6.45) is 1.40. The Hall–Kier alpha value is -3.30. The van der Waals surface area contributed by atoms with E-state index in [1.165, 1.54) is 6.07 Å². The Morgan fingerprint density at radius 1 is 1.13 bits per heavy atom. The van der Waals surface area contributed by atoms with E-state index < -0.39 is 28.8 Å². The van der Waals surface area contributed by atoms with Crippen molar-refractivity contribution in [3.63, 3.8) is 0 Å². The molecule has 1 aliphatic rings. The number of hydrogen-bond donors (Lipinski definition) is 3. The molecular weight excluding hydrogens is 432 g/mol. The van der Waals surface area contributed by atoms with Gasteiger partial charge in [0, 0.05) is 23.7 Å². The maximum atomic E-state index is 12.5. The molecule has 2 aromatic rings. The summed E-state index contributed by atoms with van der Waals surface area (Å²) in [4.78, 5) is 49.0. The molecule has 0 saturated carbocycles. The van der Waals surface area contributed by atoms with Crippen molar-refractivity contribution in [2.45, 2.75) is 6.42 Å². The first kappa shape index (κ1) is 21.4. The topological polar surface area (TPSA) is 124 Å². The van der Waals surface area contributed by atoms with E-state index >= 15 is 0 Å². The minimum atomic E-state index is -1.34. The Balaban J connectivity index is 1.61. The number of thioether (sulfide) groups is 1. The van der Waals surface area contributed by atoms with Gasteiger partial charge in [-0.05, 0) is 53.7 Å².